The first-order chi connectivity index (χ1) is 8.60. The molecule has 0 heterocycles. The Balaban J connectivity index is 1.96. The van der Waals surface area contributed by atoms with Crippen molar-refractivity contribution >= 4 is 27.5 Å². The molecule has 2 N–H and O–H groups in total. The Hall–Kier alpha value is -1.07. The summed E-state index contributed by atoms with van der Waals surface area (Å²) in [5, 5.41) is 12.1. The average Bonchev–Trinajstić information content (AvgIpc) is 3.12. The van der Waals surface area contributed by atoms with Gasteiger partial charge in [-0.25, -0.2) is 0 Å². The first-order valence-electron chi connectivity index (χ1n) is 6.00. The van der Waals surface area contributed by atoms with E-state index in [0.717, 1.165) is 28.6 Å². The fourth-order valence-corrected chi connectivity index (χ4v) is 2.20. The van der Waals surface area contributed by atoms with Crippen LogP contribution in [0.1, 0.15) is 18.4 Å². The van der Waals surface area contributed by atoms with Crippen LogP contribution in [0.25, 0.3) is 0 Å². The van der Waals surface area contributed by atoms with Crippen molar-refractivity contribution in [2.75, 3.05) is 18.5 Å². The van der Waals surface area contributed by atoms with E-state index in [2.05, 4.69) is 21.2 Å². The van der Waals surface area contributed by atoms with Gasteiger partial charge in [-0.05, 0) is 30.5 Å². The molecule has 0 aromatic heterocycles. The van der Waals surface area contributed by atoms with Gasteiger partial charge in [-0.15, -0.1) is 0 Å². The highest BCUT2D eigenvalue weighted by molar-refractivity contribution is 9.10. The number of amides is 1. The summed E-state index contributed by atoms with van der Waals surface area (Å²) in [7, 11) is 1.88. The third-order valence-electron chi connectivity index (χ3n) is 2.97. The number of hydrogen-bond acceptors (Lipinski definition) is 3. The minimum atomic E-state index is 0.00669. The Bertz CT molecular complexity index is 447. The fourth-order valence-electron chi connectivity index (χ4n) is 1.71. The standard InChI is InChI=1S/C13H17BrN2O2/c1-16(7-13(18)15-10-3-4-10)11-5-2-9(8-17)12(14)6-11/h2,5-6,10,17H,3-4,7-8H2,1H3,(H,15,18). The van der Waals surface area contributed by atoms with Gasteiger partial charge in [0, 0.05) is 23.2 Å². The van der Waals surface area contributed by atoms with Gasteiger partial charge in [0.15, 0.2) is 0 Å². The summed E-state index contributed by atoms with van der Waals surface area (Å²) >= 11 is 3.40. The van der Waals surface area contributed by atoms with E-state index in [1.807, 2.05) is 30.1 Å². The van der Waals surface area contributed by atoms with E-state index in [1.165, 1.54) is 0 Å². The lowest BCUT2D eigenvalue weighted by molar-refractivity contribution is -0.119. The molecule has 1 saturated carbocycles. The molecule has 1 aliphatic carbocycles. The normalized spacial score (nSPS) is 14.4. The van der Waals surface area contributed by atoms with Crippen molar-refractivity contribution in [3.8, 4) is 0 Å². The molecule has 0 radical (unpaired) electrons. The van der Waals surface area contributed by atoms with Crippen molar-refractivity contribution in [3.63, 3.8) is 0 Å². The first-order valence-corrected chi connectivity index (χ1v) is 6.79. The number of likely N-dealkylation sites (N-methyl/N-ethyl adjacent to an activating group) is 1. The summed E-state index contributed by atoms with van der Waals surface area (Å²) in [5.41, 5.74) is 1.79. The van der Waals surface area contributed by atoms with Crippen molar-refractivity contribution in [2.45, 2.75) is 25.5 Å². The van der Waals surface area contributed by atoms with Crippen LogP contribution >= 0.6 is 15.9 Å². The van der Waals surface area contributed by atoms with E-state index in [4.69, 9.17) is 5.11 Å². The monoisotopic (exact) mass is 312 g/mol. The maximum atomic E-state index is 11.7. The molecule has 0 bridgehead atoms. The third kappa shape index (κ3) is 3.46. The number of hydrogen-bond donors (Lipinski definition) is 2. The molecule has 1 fully saturated rings. The lowest BCUT2D eigenvalue weighted by atomic mass is 10.2. The molecule has 1 aromatic carbocycles. The highest BCUT2D eigenvalue weighted by atomic mass is 79.9. The van der Waals surface area contributed by atoms with Crippen molar-refractivity contribution < 1.29 is 9.90 Å². The first kappa shape index (κ1) is 13.4. The second kappa shape index (κ2) is 5.71. The molecule has 98 valence electrons. The van der Waals surface area contributed by atoms with Gasteiger partial charge in [0.1, 0.15) is 0 Å². The van der Waals surface area contributed by atoms with E-state index in [-0.39, 0.29) is 12.5 Å². The van der Waals surface area contributed by atoms with Crippen LogP contribution in [0.4, 0.5) is 5.69 Å². The van der Waals surface area contributed by atoms with Crippen LogP contribution in [0.2, 0.25) is 0 Å². The summed E-state index contributed by atoms with van der Waals surface area (Å²) in [6, 6.07) is 6.07. The number of anilines is 1. The Morgan fingerprint density at radius 3 is 2.83 bits per heavy atom. The van der Waals surface area contributed by atoms with Crippen LogP contribution in [-0.4, -0.2) is 30.6 Å². The quantitative estimate of drug-likeness (QED) is 0.869. The van der Waals surface area contributed by atoms with Crippen molar-refractivity contribution in [2.24, 2.45) is 0 Å². The Morgan fingerprint density at radius 1 is 1.56 bits per heavy atom. The summed E-state index contributed by atoms with van der Waals surface area (Å²) in [6.45, 7) is 0.355. The van der Waals surface area contributed by atoms with Gasteiger partial charge in [0.2, 0.25) is 5.91 Å². The number of rotatable bonds is 5. The molecule has 1 aromatic rings. The molecule has 0 aliphatic heterocycles. The average molecular weight is 313 g/mol. The maximum absolute atomic E-state index is 11.7. The minimum absolute atomic E-state index is 0.00669. The lowest BCUT2D eigenvalue weighted by Gasteiger charge is -2.19. The Labute approximate surface area is 115 Å². The molecule has 0 spiro atoms. The van der Waals surface area contributed by atoms with E-state index in [1.54, 1.807) is 0 Å². The summed E-state index contributed by atoms with van der Waals surface area (Å²) < 4.78 is 0.858. The molecular weight excluding hydrogens is 296 g/mol. The number of carbonyl (C=O) groups excluding carboxylic acids is 1. The lowest BCUT2D eigenvalue weighted by Crippen LogP contribution is -2.36. The molecule has 1 amide bonds. The van der Waals surface area contributed by atoms with Crippen LogP contribution in [0.15, 0.2) is 22.7 Å². The number of benzene rings is 1. The van der Waals surface area contributed by atoms with Crippen LogP contribution in [0.5, 0.6) is 0 Å². The molecule has 1 aliphatic rings. The molecular formula is C13H17BrN2O2. The summed E-state index contributed by atoms with van der Waals surface area (Å²) in [5.74, 6) is 0.0577. The number of carbonyl (C=O) groups is 1. The van der Waals surface area contributed by atoms with Crippen LogP contribution in [0.3, 0.4) is 0 Å². The van der Waals surface area contributed by atoms with Crippen molar-refractivity contribution in [1.82, 2.24) is 5.32 Å². The third-order valence-corrected chi connectivity index (χ3v) is 3.71. The van der Waals surface area contributed by atoms with Gasteiger partial charge in [-0.2, -0.15) is 0 Å². The molecule has 5 heteroatoms. The highest BCUT2D eigenvalue weighted by Crippen LogP contribution is 2.24. The predicted octanol–water partition coefficient (Wildman–Crippen LogP) is 1.66. The van der Waals surface area contributed by atoms with Gasteiger partial charge in [0.05, 0.1) is 13.2 Å². The number of nitrogens with one attached hydrogen (secondary N) is 1. The van der Waals surface area contributed by atoms with Crippen LogP contribution in [0, 0.1) is 0 Å². The maximum Gasteiger partial charge on any atom is 0.239 e. The van der Waals surface area contributed by atoms with Crippen molar-refractivity contribution in [1.29, 1.82) is 0 Å². The number of halogens is 1. The largest absolute Gasteiger partial charge is 0.392 e. The topological polar surface area (TPSA) is 52.6 Å². The second-order valence-electron chi connectivity index (χ2n) is 4.63. The smallest absolute Gasteiger partial charge is 0.239 e. The zero-order chi connectivity index (χ0) is 13.1. The minimum Gasteiger partial charge on any atom is -0.392 e. The van der Waals surface area contributed by atoms with Crippen molar-refractivity contribution in [3.05, 3.63) is 28.2 Å². The zero-order valence-electron chi connectivity index (χ0n) is 10.3. The Morgan fingerprint density at radius 2 is 2.28 bits per heavy atom. The Kier molecular flexibility index (Phi) is 4.24. The number of aliphatic hydroxyl groups is 1. The molecule has 4 nitrogen and oxygen atoms in total. The van der Waals surface area contributed by atoms with E-state index >= 15 is 0 Å². The van der Waals surface area contributed by atoms with E-state index < -0.39 is 0 Å². The van der Waals surface area contributed by atoms with E-state index in [9.17, 15) is 4.79 Å². The molecule has 18 heavy (non-hydrogen) atoms. The van der Waals surface area contributed by atoms with Gasteiger partial charge >= 0.3 is 0 Å². The SMILES string of the molecule is CN(CC(=O)NC1CC1)c1ccc(CO)c(Br)c1. The molecule has 0 saturated heterocycles. The molecule has 0 unspecified atom stereocenters. The summed E-state index contributed by atoms with van der Waals surface area (Å²) in [4.78, 5) is 13.6. The van der Waals surface area contributed by atoms with Gasteiger partial charge in [-0.3, -0.25) is 4.79 Å². The fraction of sp³-hybridized carbons (Fsp3) is 0.462. The van der Waals surface area contributed by atoms with Crippen LogP contribution < -0.4 is 10.2 Å². The molecule has 0 atom stereocenters. The zero-order valence-corrected chi connectivity index (χ0v) is 11.9. The predicted molar refractivity (Wildman–Crippen MR) is 74.5 cm³/mol. The number of aliphatic hydroxyl groups excluding tert-OH is 1. The van der Waals surface area contributed by atoms with Gasteiger partial charge in [0.25, 0.3) is 0 Å². The van der Waals surface area contributed by atoms with Gasteiger partial charge < -0.3 is 15.3 Å². The summed E-state index contributed by atoms with van der Waals surface area (Å²) in [6.07, 6.45) is 2.21. The van der Waals surface area contributed by atoms with Crippen LogP contribution in [-0.2, 0) is 11.4 Å². The van der Waals surface area contributed by atoms with E-state index in [0.29, 0.717) is 12.6 Å². The highest BCUT2D eigenvalue weighted by Gasteiger charge is 2.23. The van der Waals surface area contributed by atoms with Gasteiger partial charge in [-0.1, -0.05) is 22.0 Å². The second-order valence-corrected chi connectivity index (χ2v) is 5.49. The molecule has 2 rings (SSSR count). The number of nitrogens with zero attached hydrogens (tertiary/aromatic N) is 1.